The number of ether oxygens (including phenoxy) is 1. The van der Waals surface area contributed by atoms with Crippen LogP contribution < -0.4 is 5.32 Å². The zero-order valence-corrected chi connectivity index (χ0v) is 10.4. The van der Waals surface area contributed by atoms with E-state index in [-0.39, 0.29) is 30.0 Å². The third-order valence-corrected chi connectivity index (χ3v) is 4.01. The summed E-state index contributed by atoms with van der Waals surface area (Å²) in [7, 11) is 0. The number of benzene rings is 1. The Bertz CT molecular complexity index is 486. The lowest BCUT2D eigenvalue weighted by Gasteiger charge is -2.39. The Balaban J connectivity index is 1.60. The van der Waals surface area contributed by atoms with E-state index in [0.29, 0.717) is 5.92 Å². The van der Waals surface area contributed by atoms with Gasteiger partial charge in [0.15, 0.2) is 0 Å². The van der Waals surface area contributed by atoms with E-state index in [0.717, 1.165) is 31.6 Å². The molecular formula is C14H15F2NO2. The normalized spacial score (nSPS) is 28.6. The summed E-state index contributed by atoms with van der Waals surface area (Å²) in [5, 5.41) is 2.84. The molecule has 1 heterocycles. The van der Waals surface area contributed by atoms with Gasteiger partial charge in [-0.15, -0.1) is 0 Å². The molecule has 1 aromatic rings. The van der Waals surface area contributed by atoms with Gasteiger partial charge in [-0.1, -0.05) is 6.07 Å². The van der Waals surface area contributed by atoms with Gasteiger partial charge in [0.1, 0.15) is 11.6 Å². The first-order valence-electron chi connectivity index (χ1n) is 6.49. The third-order valence-electron chi connectivity index (χ3n) is 4.01. The van der Waals surface area contributed by atoms with Crippen molar-refractivity contribution in [3.05, 3.63) is 35.4 Å². The molecule has 0 aromatic heterocycles. The molecule has 1 amide bonds. The molecule has 19 heavy (non-hydrogen) atoms. The standard InChI is InChI=1S/C14H15F2NO2/c15-10-2-1-3-11(16)9(10)6-14(18)17-12-7-13-8(12)4-5-19-13/h1-3,8,12-13H,4-7H2,(H,17,18)/t8-,12+,13+/m1/s1. The van der Waals surface area contributed by atoms with Gasteiger partial charge >= 0.3 is 0 Å². The number of fused-ring (bicyclic) bond motifs is 1. The fourth-order valence-corrected chi connectivity index (χ4v) is 2.88. The van der Waals surface area contributed by atoms with Crippen LogP contribution in [0.5, 0.6) is 0 Å². The summed E-state index contributed by atoms with van der Waals surface area (Å²) in [6.45, 7) is 0.740. The zero-order valence-electron chi connectivity index (χ0n) is 10.4. The van der Waals surface area contributed by atoms with Gasteiger partial charge in [-0.3, -0.25) is 4.79 Å². The molecule has 1 aliphatic carbocycles. The predicted molar refractivity (Wildman–Crippen MR) is 64.5 cm³/mol. The SMILES string of the molecule is O=C(Cc1c(F)cccc1F)N[C@H]1C[C@@H]2OCC[C@H]12. The van der Waals surface area contributed by atoms with E-state index in [4.69, 9.17) is 4.74 Å². The summed E-state index contributed by atoms with van der Waals surface area (Å²) in [5.41, 5.74) is -0.168. The van der Waals surface area contributed by atoms with Crippen LogP contribution in [0.15, 0.2) is 18.2 Å². The predicted octanol–water partition coefficient (Wildman–Crippen LogP) is 1.80. The molecular weight excluding hydrogens is 252 g/mol. The van der Waals surface area contributed by atoms with Crippen molar-refractivity contribution in [3.63, 3.8) is 0 Å². The van der Waals surface area contributed by atoms with Crippen LogP contribution in [0.2, 0.25) is 0 Å². The van der Waals surface area contributed by atoms with Crippen molar-refractivity contribution in [2.24, 2.45) is 5.92 Å². The lowest BCUT2D eigenvalue weighted by molar-refractivity contribution is -0.123. The zero-order chi connectivity index (χ0) is 13.4. The van der Waals surface area contributed by atoms with Crippen molar-refractivity contribution in [2.45, 2.75) is 31.4 Å². The van der Waals surface area contributed by atoms with E-state index in [1.807, 2.05) is 0 Å². The van der Waals surface area contributed by atoms with Gasteiger partial charge in [0.05, 0.1) is 12.5 Å². The number of halogens is 2. The molecule has 0 radical (unpaired) electrons. The summed E-state index contributed by atoms with van der Waals surface area (Å²) in [4.78, 5) is 11.8. The minimum absolute atomic E-state index is 0.0924. The Morgan fingerprint density at radius 1 is 1.37 bits per heavy atom. The van der Waals surface area contributed by atoms with Crippen LogP contribution in [0, 0.1) is 17.6 Å². The highest BCUT2D eigenvalue weighted by atomic mass is 19.1. The number of carbonyl (C=O) groups is 1. The first kappa shape index (κ1) is 12.5. The maximum absolute atomic E-state index is 13.4. The van der Waals surface area contributed by atoms with Gasteiger partial charge < -0.3 is 10.1 Å². The Labute approximate surface area is 109 Å². The monoisotopic (exact) mass is 267 g/mol. The smallest absolute Gasteiger partial charge is 0.224 e. The molecule has 1 saturated heterocycles. The maximum atomic E-state index is 13.4. The second kappa shape index (κ2) is 4.89. The molecule has 1 aliphatic heterocycles. The number of hydrogen-bond acceptors (Lipinski definition) is 2. The van der Waals surface area contributed by atoms with Gasteiger partial charge in [0.2, 0.25) is 5.91 Å². The van der Waals surface area contributed by atoms with Crippen LogP contribution in [0.25, 0.3) is 0 Å². The van der Waals surface area contributed by atoms with Crippen LogP contribution in [0.3, 0.4) is 0 Å². The molecule has 5 heteroatoms. The molecule has 2 fully saturated rings. The van der Waals surface area contributed by atoms with Crippen molar-refractivity contribution < 1.29 is 18.3 Å². The number of amides is 1. The van der Waals surface area contributed by atoms with Crippen LogP contribution in [0.1, 0.15) is 18.4 Å². The van der Waals surface area contributed by atoms with Crippen molar-refractivity contribution in [1.29, 1.82) is 0 Å². The molecule has 0 bridgehead atoms. The van der Waals surface area contributed by atoms with Crippen LogP contribution >= 0.6 is 0 Å². The van der Waals surface area contributed by atoms with E-state index in [1.54, 1.807) is 0 Å². The summed E-state index contributed by atoms with van der Waals surface area (Å²) in [6.07, 6.45) is 1.75. The van der Waals surface area contributed by atoms with E-state index >= 15 is 0 Å². The Morgan fingerprint density at radius 2 is 2.11 bits per heavy atom. The van der Waals surface area contributed by atoms with Gasteiger partial charge in [0, 0.05) is 24.1 Å². The number of rotatable bonds is 3. The van der Waals surface area contributed by atoms with E-state index < -0.39 is 11.6 Å². The van der Waals surface area contributed by atoms with Gasteiger partial charge in [-0.25, -0.2) is 8.78 Å². The van der Waals surface area contributed by atoms with Gasteiger partial charge in [-0.05, 0) is 25.0 Å². The van der Waals surface area contributed by atoms with Gasteiger partial charge in [-0.2, -0.15) is 0 Å². The quantitative estimate of drug-likeness (QED) is 0.907. The maximum Gasteiger partial charge on any atom is 0.224 e. The average molecular weight is 267 g/mol. The van der Waals surface area contributed by atoms with Gasteiger partial charge in [0.25, 0.3) is 0 Å². The minimum Gasteiger partial charge on any atom is -0.378 e. The van der Waals surface area contributed by atoms with Crippen LogP contribution in [-0.2, 0) is 16.0 Å². The number of hydrogen-bond donors (Lipinski definition) is 1. The van der Waals surface area contributed by atoms with E-state index in [1.165, 1.54) is 6.07 Å². The Kier molecular flexibility index (Phi) is 3.22. The summed E-state index contributed by atoms with van der Waals surface area (Å²) in [5.74, 6) is -1.31. The largest absolute Gasteiger partial charge is 0.378 e. The highest BCUT2D eigenvalue weighted by molar-refractivity contribution is 5.79. The lowest BCUT2D eigenvalue weighted by atomic mass is 9.76. The molecule has 1 aromatic carbocycles. The molecule has 0 spiro atoms. The van der Waals surface area contributed by atoms with E-state index in [2.05, 4.69) is 5.32 Å². The summed E-state index contributed by atoms with van der Waals surface area (Å²) < 4.78 is 32.3. The first-order valence-corrected chi connectivity index (χ1v) is 6.49. The molecule has 1 N–H and O–H groups in total. The number of carbonyl (C=O) groups excluding carboxylic acids is 1. The topological polar surface area (TPSA) is 38.3 Å². The summed E-state index contributed by atoms with van der Waals surface area (Å²) >= 11 is 0. The lowest BCUT2D eigenvalue weighted by Crippen LogP contribution is -2.53. The Hall–Kier alpha value is -1.49. The van der Waals surface area contributed by atoms with E-state index in [9.17, 15) is 13.6 Å². The Morgan fingerprint density at radius 3 is 2.79 bits per heavy atom. The van der Waals surface area contributed by atoms with Crippen molar-refractivity contribution >= 4 is 5.91 Å². The van der Waals surface area contributed by atoms with Crippen LogP contribution in [-0.4, -0.2) is 24.7 Å². The number of nitrogens with one attached hydrogen (secondary N) is 1. The van der Waals surface area contributed by atoms with Crippen LogP contribution in [0.4, 0.5) is 8.78 Å². The van der Waals surface area contributed by atoms with Crippen molar-refractivity contribution in [1.82, 2.24) is 5.32 Å². The molecule has 0 unspecified atom stereocenters. The molecule has 3 nitrogen and oxygen atoms in total. The average Bonchev–Trinajstić information content (AvgIpc) is 2.73. The fourth-order valence-electron chi connectivity index (χ4n) is 2.88. The minimum atomic E-state index is -0.675. The van der Waals surface area contributed by atoms with Crippen molar-refractivity contribution in [3.8, 4) is 0 Å². The molecule has 2 aliphatic rings. The molecule has 3 rings (SSSR count). The highest BCUT2D eigenvalue weighted by Gasteiger charge is 2.45. The second-order valence-electron chi connectivity index (χ2n) is 5.15. The first-order chi connectivity index (χ1) is 9.15. The molecule has 1 saturated carbocycles. The van der Waals surface area contributed by atoms with Crippen molar-refractivity contribution in [2.75, 3.05) is 6.61 Å². The third kappa shape index (κ3) is 2.34. The fraction of sp³-hybridized carbons (Fsp3) is 0.500. The molecule has 102 valence electrons. The second-order valence-corrected chi connectivity index (χ2v) is 5.15. The molecule has 3 atom stereocenters. The summed E-state index contributed by atoms with van der Waals surface area (Å²) in [6, 6.07) is 3.71. The highest BCUT2D eigenvalue weighted by Crippen LogP contribution is 2.38.